The Bertz CT molecular complexity index is 706. The minimum absolute atomic E-state index is 0.0513. The van der Waals surface area contributed by atoms with Crippen LogP contribution in [0.15, 0.2) is 30.3 Å². The monoisotopic (exact) mass is 338 g/mol. The molecule has 0 saturated heterocycles. The molecule has 0 spiro atoms. The Morgan fingerprint density at radius 3 is 2.29 bits per heavy atom. The predicted octanol–water partition coefficient (Wildman–Crippen LogP) is 4.63. The zero-order chi connectivity index (χ0) is 18.0. The first-order valence-electron chi connectivity index (χ1n) is 7.57. The molecule has 2 aromatic rings. The lowest BCUT2D eigenvalue weighted by molar-refractivity contribution is -0.141. The van der Waals surface area contributed by atoms with E-state index < -0.39 is 17.4 Å². The molecular formula is C17H21F3N4. The second kappa shape index (κ2) is 6.67. The summed E-state index contributed by atoms with van der Waals surface area (Å²) in [5.74, 6) is 0.0805. The van der Waals surface area contributed by atoms with Crippen molar-refractivity contribution >= 4 is 11.8 Å². The first kappa shape index (κ1) is 18.0. The van der Waals surface area contributed by atoms with E-state index >= 15 is 0 Å². The Morgan fingerprint density at radius 1 is 1.04 bits per heavy atom. The summed E-state index contributed by atoms with van der Waals surface area (Å²) in [5.41, 5.74) is 0.631. The summed E-state index contributed by atoms with van der Waals surface area (Å²) in [6, 6.07) is 8.59. The fraction of sp³-hybridized carbons (Fsp3) is 0.412. The molecule has 24 heavy (non-hydrogen) atoms. The Hall–Kier alpha value is -2.31. The van der Waals surface area contributed by atoms with Crippen LogP contribution in [0.3, 0.4) is 0 Å². The standard InChI is InChI=1S/C17H21F3N4/c1-11-7-5-6-8-12(11)10-21-14-9-13(17(18,19)20)22-15(23-14)24-16(2,3)4/h5-9H,10H2,1-4H3,(H2,21,22,23,24). The number of aromatic nitrogens is 2. The van der Waals surface area contributed by atoms with Crippen molar-refractivity contribution in [2.45, 2.75) is 46.0 Å². The largest absolute Gasteiger partial charge is 0.433 e. The Kier molecular flexibility index (Phi) is 5.01. The zero-order valence-corrected chi connectivity index (χ0v) is 14.1. The van der Waals surface area contributed by atoms with Crippen molar-refractivity contribution < 1.29 is 13.2 Å². The van der Waals surface area contributed by atoms with Gasteiger partial charge < -0.3 is 10.6 Å². The molecule has 0 fully saturated rings. The maximum Gasteiger partial charge on any atom is 0.433 e. The number of alkyl halides is 3. The van der Waals surface area contributed by atoms with E-state index in [1.165, 1.54) is 0 Å². The van der Waals surface area contributed by atoms with Gasteiger partial charge in [0.15, 0.2) is 5.69 Å². The van der Waals surface area contributed by atoms with Gasteiger partial charge in [-0.1, -0.05) is 24.3 Å². The van der Waals surface area contributed by atoms with Gasteiger partial charge in [0.1, 0.15) is 5.82 Å². The molecule has 130 valence electrons. The van der Waals surface area contributed by atoms with Crippen LogP contribution in [-0.4, -0.2) is 15.5 Å². The van der Waals surface area contributed by atoms with Crippen molar-refractivity contribution in [2.24, 2.45) is 0 Å². The van der Waals surface area contributed by atoms with Crippen molar-refractivity contribution in [3.63, 3.8) is 0 Å². The summed E-state index contributed by atoms with van der Waals surface area (Å²) in [4.78, 5) is 7.72. The molecule has 0 unspecified atom stereocenters. The molecule has 0 aliphatic carbocycles. The van der Waals surface area contributed by atoms with E-state index in [2.05, 4.69) is 20.6 Å². The summed E-state index contributed by atoms with van der Waals surface area (Å²) >= 11 is 0. The van der Waals surface area contributed by atoms with Crippen LogP contribution in [0.4, 0.5) is 24.9 Å². The molecule has 0 saturated carbocycles. The summed E-state index contributed by atoms with van der Waals surface area (Å²) in [7, 11) is 0. The fourth-order valence-electron chi connectivity index (χ4n) is 2.07. The maximum absolute atomic E-state index is 13.1. The van der Waals surface area contributed by atoms with Crippen LogP contribution >= 0.6 is 0 Å². The molecule has 1 aromatic carbocycles. The normalized spacial score (nSPS) is 12.1. The molecule has 0 radical (unpaired) electrons. The highest BCUT2D eigenvalue weighted by atomic mass is 19.4. The van der Waals surface area contributed by atoms with Gasteiger partial charge in [0.2, 0.25) is 5.95 Å². The van der Waals surface area contributed by atoms with Crippen LogP contribution in [0.25, 0.3) is 0 Å². The van der Waals surface area contributed by atoms with E-state index in [-0.39, 0.29) is 11.8 Å². The summed E-state index contributed by atoms with van der Waals surface area (Å²) in [6.45, 7) is 7.83. The van der Waals surface area contributed by atoms with E-state index in [1.54, 1.807) is 0 Å². The molecular weight excluding hydrogens is 317 g/mol. The van der Waals surface area contributed by atoms with Crippen LogP contribution in [0, 0.1) is 6.92 Å². The van der Waals surface area contributed by atoms with Crippen molar-refractivity contribution in [3.05, 3.63) is 47.2 Å². The summed E-state index contributed by atoms with van der Waals surface area (Å²) in [5, 5.41) is 5.83. The minimum atomic E-state index is -4.53. The Balaban J connectivity index is 2.28. The maximum atomic E-state index is 13.1. The molecule has 0 amide bonds. The average molecular weight is 338 g/mol. The van der Waals surface area contributed by atoms with E-state index in [0.29, 0.717) is 6.54 Å². The molecule has 1 heterocycles. The van der Waals surface area contributed by atoms with Gasteiger partial charge in [0, 0.05) is 18.2 Å². The highest BCUT2D eigenvalue weighted by molar-refractivity contribution is 5.45. The van der Waals surface area contributed by atoms with E-state index in [0.717, 1.165) is 17.2 Å². The van der Waals surface area contributed by atoms with Crippen molar-refractivity contribution in [3.8, 4) is 0 Å². The van der Waals surface area contributed by atoms with Crippen molar-refractivity contribution in [1.29, 1.82) is 0 Å². The van der Waals surface area contributed by atoms with E-state index in [1.807, 2.05) is 52.0 Å². The molecule has 0 atom stereocenters. The molecule has 4 nitrogen and oxygen atoms in total. The second-order valence-electron chi connectivity index (χ2n) is 6.61. The van der Waals surface area contributed by atoms with Gasteiger partial charge in [-0.05, 0) is 38.8 Å². The van der Waals surface area contributed by atoms with Gasteiger partial charge >= 0.3 is 6.18 Å². The van der Waals surface area contributed by atoms with Gasteiger partial charge in [0.25, 0.3) is 0 Å². The molecule has 2 N–H and O–H groups in total. The van der Waals surface area contributed by atoms with Crippen LogP contribution < -0.4 is 10.6 Å². The molecule has 0 aliphatic heterocycles. The molecule has 2 rings (SSSR count). The third kappa shape index (κ3) is 5.11. The van der Waals surface area contributed by atoms with Gasteiger partial charge in [-0.25, -0.2) is 4.98 Å². The average Bonchev–Trinajstić information content (AvgIpc) is 2.43. The third-order valence-corrected chi connectivity index (χ3v) is 3.22. The number of hydrogen-bond donors (Lipinski definition) is 2. The van der Waals surface area contributed by atoms with Gasteiger partial charge in [-0.3, -0.25) is 0 Å². The Morgan fingerprint density at radius 2 is 1.71 bits per heavy atom. The van der Waals surface area contributed by atoms with Crippen LogP contribution in [0.2, 0.25) is 0 Å². The Labute approximate surface area is 139 Å². The summed E-state index contributed by atoms with van der Waals surface area (Å²) < 4.78 is 39.2. The smallest absolute Gasteiger partial charge is 0.366 e. The number of benzene rings is 1. The first-order valence-corrected chi connectivity index (χ1v) is 7.57. The number of anilines is 2. The number of nitrogens with zero attached hydrogens (tertiary/aromatic N) is 2. The lowest BCUT2D eigenvalue weighted by atomic mass is 10.1. The van der Waals surface area contributed by atoms with Crippen LogP contribution in [-0.2, 0) is 12.7 Å². The van der Waals surface area contributed by atoms with Crippen LogP contribution in [0.5, 0.6) is 0 Å². The predicted molar refractivity (Wildman–Crippen MR) is 88.9 cm³/mol. The third-order valence-electron chi connectivity index (χ3n) is 3.22. The summed E-state index contributed by atoms with van der Waals surface area (Å²) in [6.07, 6.45) is -4.53. The highest BCUT2D eigenvalue weighted by Gasteiger charge is 2.34. The number of nitrogens with one attached hydrogen (secondary N) is 2. The lowest BCUT2D eigenvalue weighted by Crippen LogP contribution is -2.28. The van der Waals surface area contributed by atoms with Gasteiger partial charge in [-0.15, -0.1) is 0 Å². The van der Waals surface area contributed by atoms with Crippen molar-refractivity contribution in [1.82, 2.24) is 9.97 Å². The van der Waals surface area contributed by atoms with Gasteiger partial charge in [-0.2, -0.15) is 18.2 Å². The highest BCUT2D eigenvalue weighted by Crippen LogP contribution is 2.30. The number of hydrogen-bond acceptors (Lipinski definition) is 4. The minimum Gasteiger partial charge on any atom is -0.366 e. The molecule has 1 aromatic heterocycles. The number of halogens is 3. The zero-order valence-electron chi connectivity index (χ0n) is 14.1. The fourth-order valence-corrected chi connectivity index (χ4v) is 2.07. The van der Waals surface area contributed by atoms with E-state index in [4.69, 9.17) is 0 Å². The molecule has 0 bridgehead atoms. The number of rotatable bonds is 4. The SMILES string of the molecule is Cc1ccccc1CNc1cc(C(F)(F)F)nc(NC(C)(C)C)n1. The second-order valence-corrected chi connectivity index (χ2v) is 6.61. The molecule has 7 heteroatoms. The molecule has 0 aliphatic rings. The lowest BCUT2D eigenvalue weighted by Gasteiger charge is -2.21. The van der Waals surface area contributed by atoms with Crippen molar-refractivity contribution in [2.75, 3.05) is 10.6 Å². The quantitative estimate of drug-likeness (QED) is 0.854. The van der Waals surface area contributed by atoms with E-state index in [9.17, 15) is 13.2 Å². The van der Waals surface area contributed by atoms with Gasteiger partial charge in [0.05, 0.1) is 0 Å². The topological polar surface area (TPSA) is 49.8 Å². The first-order chi connectivity index (χ1) is 11.0. The number of aryl methyl sites for hydroxylation is 1. The van der Waals surface area contributed by atoms with Crippen LogP contribution in [0.1, 0.15) is 37.6 Å².